The number of nitrogens with one attached hydrogen (secondary N) is 1. The van der Waals surface area contributed by atoms with Crippen LogP contribution in [0, 0.1) is 0 Å². The minimum atomic E-state index is -0.876. The number of nitrogens with zero attached hydrogens (tertiary/aromatic N) is 6. The molecule has 49 heavy (non-hydrogen) atoms. The molecule has 0 bridgehead atoms. The molecule has 1 unspecified atom stereocenters. The van der Waals surface area contributed by atoms with Crippen molar-refractivity contribution in [3.05, 3.63) is 93.5 Å². The quantitative estimate of drug-likeness (QED) is 0.358. The highest BCUT2D eigenvalue weighted by atomic mass is 35.5. The van der Waals surface area contributed by atoms with Gasteiger partial charge in [-0.1, -0.05) is 65.7 Å². The summed E-state index contributed by atoms with van der Waals surface area (Å²) < 4.78 is 0. The third-order valence-corrected chi connectivity index (χ3v) is 10.1. The Morgan fingerprint density at radius 3 is 2.33 bits per heavy atom. The summed E-state index contributed by atoms with van der Waals surface area (Å²) in [5.41, 5.74) is 3.53. The number of aromatic hydroxyl groups is 1. The second-order valence-electron chi connectivity index (χ2n) is 13.3. The van der Waals surface area contributed by atoms with Gasteiger partial charge in [-0.2, -0.15) is 0 Å². The fraction of sp³-hybridized carbons (Fsp3) is 0.417. The number of likely N-dealkylation sites (tertiary alicyclic amines) is 1. The van der Waals surface area contributed by atoms with E-state index >= 15 is 0 Å². The van der Waals surface area contributed by atoms with Crippen LogP contribution >= 0.6 is 23.2 Å². The number of rotatable bonds is 8. The predicted octanol–water partition coefficient (Wildman–Crippen LogP) is 4.41. The van der Waals surface area contributed by atoms with Gasteiger partial charge in [0.25, 0.3) is 0 Å². The van der Waals surface area contributed by atoms with Gasteiger partial charge in [-0.15, -0.1) is 0 Å². The fourth-order valence-electron chi connectivity index (χ4n) is 7.27. The van der Waals surface area contributed by atoms with Crippen molar-refractivity contribution in [1.82, 2.24) is 30.0 Å². The molecule has 0 aromatic heterocycles. The molecule has 2 atom stereocenters. The molecule has 3 saturated heterocycles. The number of hydrazine groups is 1. The maximum absolute atomic E-state index is 14.4. The number of carbonyl (C=O) groups excluding carboxylic acids is 3. The number of benzene rings is 3. The molecule has 13 heteroatoms. The molecule has 6 rings (SSSR count). The standard InChI is InChI=1S/C36H43Cl2N7O4/c1-40(2)34-26(18-27(37)19-30(34)38)21-43-22-32-44(31(35(43)48)17-24-9-11-29(46)12-10-24)33(47)23-41(3)45(32)36(49)39-28-13-15-42(16-14-28)20-25-7-5-4-6-8-25/h4-12,18-19,28,31-32,46H,13-17,20-23H2,1-3H3,(H,39,49)/t31-,32?/m0/s1. The summed E-state index contributed by atoms with van der Waals surface area (Å²) >= 11 is 13.0. The van der Waals surface area contributed by atoms with Crippen LogP contribution in [-0.4, -0.2) is 113 Å². The molecule has 3 fully saturated rings. The van der Waals surface area contributed by atoms with Crippen molar-refractivity contribution in [3.63, 3.8) is 0 Å². The molecule has 3 aromatic carbocycles. The third-order valence-electron chi connectivity index (χ3n) is 9.59. The Bertz CT molecular complexity index is 1670. The van der Waals surface area contributed by atoms with E-state index in [-0.39, 0.29) is 55.7 Å². The van der Waals surface area contributed by atoms with Crippen molar-refractivity contribution in [2.24, 2.45) is 0 Å². The molecule has 0 spiro atoms. The Hall–Kier alpha value is -4.03. The number of anilines is 1. The highest BCUT2D eigenvalue weighted by Crippen LogP contribution is 2.35. The number of phenolic OH excluding ortho intramolecular Hbond substituents is 1. The molecule has 0 radical (unpaired) electrons. The molecule has 3 aromatic rings. The van der Waals surface area contributed by atoms with E-state index in [1.807, 2.05) is 37.2 Å². The number of likely N-dealkylation sites (N-methyl/N-ethyl adjacent to an activating group) is 1. The summed E-state index contributed by atoms with van der Waals surface area (Å²) in [6, 6.07) is 19.2. The molecule has 4 amide bonds. The average molecular weight is 709 g/mol. The Morgan fingerprint density at radius 2 is 1.65 bits per heavy atom. The Morgan fingerprint density at radius 1 is 0.959 bits per heavy atom. The lowest BCUT2D eigenvalue weighted by Crippen LogP contribution is -2.76. The summed E-state index contributed by atoms with van der Waals surface area (Å²) in [6.07, 6.45) is 1.08. The zero-order valence-corrected chi connectivity index (χ0v) is 29.6. The van der Waals surface area contributed by atoms with Crippen molar-refractivity contribution in [2.75, 3.05) is 52.2 Å². The number of amides is 4. The van der Waals surface area contributed by atoms with E-state index in [0.717, 1.165) is 49.3 Å². The zero-order valence-electron chi connectivity index (χ0n) is 28.1. The topological polar surface area (TPSA) is 103 Å². The van der Waals surface area contributed by atoms with Crippen LogP contribution in [0.15, 0.2) is 66.7 Å². The molecule has 3 aliphatic heterocycles. The molecule has 3 heterocycles. The number of piperidine rings is 1. The molecule has 0 aliphatic carbocycles. The molecular weight excluding hydrogens is 665 g/mol. The number of halogens is 2. The van der Waals surface area contributed by atoms with Gasteiger partial charge in [-0.3, -0.25) is 14.5 Å². The van der Waals surface area contributed by atoms with Crippen LogP contribution < -0.4 is 10.2 Å². The number of urea groups is 1. The van der Waals surface area contributed by atoms with Gasteiger partial charge < -0.3 is 25.1 Å². The third kappa shape index (κ3) is 7.75. The second kappa shape index (κ2) is 14.8. The van der Waals surface area contributed by atoms with Gasteiger partial charge in [0.05, 0.1) is 23.8 Å². The predicted molar refractivity (Wildman–Crippen MR) is 190 cm³/mol. The minimum absolute atomic E-state index is 0.0237. The number of hydrogen-bond acceptors (Lipinski definition) is 7. The highest BCUT2D eigenvalue weighted by Gasteiger charge is 2.51. The summed E-state index contributed by atoms with van der Waals surface area (Å²) in [5, 5.41) is 17.3. The van der Waals surface area contributed by atoms with Gasteiger partial charge in [-0.25, -0.2) is 14.8 Å². The summed E-state index contributed by atoms with van der Waals surface area (Å²) in [4.78, 5) is 49.8. The summed E-state index contributed by atoms with van der Waals surface area (Å²) in [7, 11) is 5.48. The smallest absolute Gasteiger partial charge is 0.334 e. The van der Waals surface area contributed by atoms with Crippen LogP contribution in [0.4, 0.5) is 10.5 Å². The first kappa shape index (κ1) is 34.8. The van der Waals surface area contributed by atoms with E-state index in [4.69, 9.17) is 23.2 Å². The van der Waals surface area contributed by atoms with E-state index in [2.05, 4.69) is 22.3 Å². The maximum Gasteiger partial charge on any atom is 0.334 e. The monoisotopic (exact) mass is 707 g/mol. The molecular formula is C36H43Cl2N7O4. The van der Waals surface area contributed by atoms with Crippen LogP contribution in [0.25, 0.3) is 0 Å². The molecule has 11 nitrogen and oxygen atoms in total. The van der Waals surface area contributed by atoms with E-state index in [0.29, 0.717) is 10.0 Å². The van der Waals surface area contributed by atoms with E-state index < -0.39 is 12.2 Å². The minimum Gasteiger partial charge on any atom is -0.508 e. The largest absolute Gasteiger partial charge is 0.508 e. The first-order chi connectivity index (χ1) is 23.5. The Balaban J connectivity index is 1.25. The first-order valence-electron chi connectivity index (χ1n) is 16.6. The normalized spacial score (nSPS) is 20.8. The SMILES string of the molecule is CN(C)c1c(Cl)cc(Cl)cc1CN1CC2N(C(=O)CN(C)N2C(=O)NC2CCN(Cc3ccccc3)CC2)[C@@H](Cc2ccc(O)cc2)C1=O. The van der Waals surface area contributed by atoms with Crippen LogP contribution in [-0.2, 0) is 29.1 Å². The van der Waals surface area contributed by atoms with Gasteiger partial charge >= 0.3 is 6.03 Å². The highest BCUT2D eigenvalue weighted by molar-refractivity contribution is 6.36. The average Bonchev–Trinajstić information content (AvgIpc) is 3.04. The van der Waals surface area contributed by atoms with Gasteiger partial charge in [0.15, 0.2) is 0 Å². The van der Waals surface area contributed by atoms with Crippen molar-refractivity contribution >= 4 is 46.7 Å². The van der Waals surface area contributed by atoms with Crippen LogP contribution in [0.2, 0.25) is 10.0 Å². The maximum atomic E-state index is 14.4. The van der Waals surface area contributed by atoms with Crippen molar-refractivity contribution in [2.45, 2.75) is 50.6 Å². The van der Waals surface area contributed by atoms with Crippen LogP contribution in [0.1, 0.15) is 29.5 Å². The summed E-state index contributed by atoms with van der Waals surface area (Å²) in [5.74, 6) is -0.367. The number of phenols is 1. The summed E-state index contributed by atoms with van der Waals surface area (Å²) in [6.45, 7) is 2.81. The van der Waals surface area contributed by atoms with E-state index in [1.165, 1.54) is 5.56 Å². The van der Waals surface area contributed by atoms with Crippen molar-refractivity contribution in [1.29, 1.82) is 0 Å². The second-order valence-corrected chi connectivity index (χ2v) is 14.2. The zero-order chi connectivity index (χ0) is 34.8. The van der Waals surface area contributed by atoms with Gasteiger partial charge in [0.2, 0.25) is 11.8 Å². The van der Waals surface area contributed by atoms with E-state index in [1.54, 1.807) is 63.3 Å². The molecule has 3 aliphatic rings. The Labute approximate surface area is 297 Å². The van der Waals surface area contributed by atoms with Crippen LogP contribution in [0.3, 0.4) is 0 Å². The molecule has 260 valence electrons. The number of hydrogen-bond donors (Lipinski definition) is 2. The lowest BCUT2D eigenvalue weighted by atomic mass is 9.98. The van der Waals surface area contributed by atoms with Crippen molar-refractivity contribution in [3.8, 4) is 5.75 Å². The number of carbonyl (C=O) groups is 3. The fourth-order valence-corrected chi connectivity index (χ4v) is 7.97. The van der Waals surface area contributed by atoms with Gasteiger partial charge in [0, 0.05) is 64.8 Å². The lowest BCUT2D eigenvalue weighted by molar-refractivity contribution is -0.187. The molecule has 0 saturated carbocycles. The number of fused-ring (bicyclic) bond motifs is 1. The van der Waals surface area contributed by atoms with E-state index in [9.17, 15) is 19.5 Å². The number of piperazine rings is 1. The van der Waals surface area contributed by atoms with Gasteiger partial charge in [-0.05, 0) is 53.8 Å². The van der Waals surface area contributed by atoms with Crippen LogP contribution in [0.5, 0.6) is 5.75 Å². The molecule has 2 N–H and O–H groups in total. The van der Waals surface area contributed by atoms with Crippen molar-refractivity contribution < 1.29 is 19.5 Å². The Kier molecular flexibility index (Phi) is 10.5. The van der Waals surface area contributed by atoms with Gasteiger partial charge in [0.1, 0.15) is 18.0 Å². The first-order valence-corrected chi connectivity index (χ1v) is 17.3. The lowest BCUT2D eigenvalue weighted by Gasteiger charge is -2.54.